The quantitative estimate of drug-likeness (QED) is 0.563. The fourth-order valence-electron chi connectivity index (χ4n) is 1.17. The monoisotopic (exact) mass is 384 g/mol. The Morgan fingerprint density at radius 3 is 1.44 bits per heavy atom. The third-order valence-corrected chi connectivity index (χ3v) is 2.73. The molecule has 0 aliphatic heterocycles. The average Bonchev–Trinajstić information content (AvgIpc) is 2.64. The van der Waals surface area contributed by atoms with Gasteiger partial charge in [-0.2, -0.15) is 0 Å². The van der Waals surface area contributed by atoms with Crippen molar-refractivity contribution in [3.8, 4) is 11.5 Å². The van der Waals surface area contributed by atoms with Gasteiger partial charge < -0.3 is 19.7 Å². The number of aryl methyl sites for hydroxylation is 1. The van der Waals surface area contributed by atoms with Crippen molar-refractivity contribution in [2.24, 2.45) is 0 Å². The van der Waals surface area contributed by atoms with Crippen molar-refractivity contribution < 1.29 is 38.9 Å². The molecule has 152 valence electrons. The van der Waals surface area contributed by atoms with Gasteiger partial charge in [-0.1, -0.05) is 33.8 Å². The summed E-state index contributed by atoms with van der Waals surface area (Å²) in [5, 5.41) is 15.4. The molecule has 0 bridgehead atoms. The van der Waals surface area contributed by atoms with Gasteiger partial charge in [0.1, 0.15) is 0 Å². The van der Waals surface area contributed by atoms with Crippen molar-refractivity contribution in [3.05, 3.63) is 23.8 Å². The molecule has 0 aliphatic carbocycles. The van der Waals surface area contributed by atoms with E-state index in [9.17, 15) is 19.2 Å². The summed E-state index contributed by atoms with van der Waals surface area (Å²) in [6.45, 7) is 8.48. The first-order chi connectivity index (χ1) is 12.6. The summed E-state index contributed by atoms with van der Waals surface area (Å²) < 4.78 is 10.2. The standard InChI is InChI=1S/C13H16O4.2C3H6O2/c1-4-12(14)16-10-7-6-9(3)8-11(10)17-13(15)5-2;2*1-2-3(4)5/h6-8H,4-5H2,1-3H3;2*2H2,1H3,(H,4,5). The second-order valence-corrected chi connectivity index (χ2v) is 5.10. The van der Waals surface area contributed by atoms with Crippen molar-refractivity contribution in [1.29, 1.82) is 0 Å². The van der Waals surface area contributed by atoms with Crippen LogP contribution in [0.2, 0.25) is 0 Å². The first kappa shape index (κ1) is 26.3. The number of carboxylic acids is 2. The Labute approximate surface area is 159 Å². The fraction of sp³-hybridized carbons (Fsp3) is 0.474. The van der Waals surface area contributed by atoms with Gasteiger partial charge >= 0.3 is 23.9 Å². The lowest BCUT2D eigenvalue weighted by Gasteiger charge is -2.10. The van der Waals surface area contributed by atoms with Crippen LogP contribution in [0.1, 0.15) is 58.9 Å². The van der Waals surface area contributed by atoms with Gasteiger partial charge in [0.15, 0.2) is 11.5 Å². The van der Waals surface area contributed by atoms with Gasteiger partial charge in [0.25, 0.3) is 0 Å². The molecule has 0 atom stereocenters. The van der Waals surface area contributed by atoms with E-state index in [0.29, 0.717) is 5.75 Å². The van der Waals surface area contributed by atoms with Crippen LogP contribution in [0.25, 0.3) is 0 Å². The van der Waals surface area contributed by atoms with E-state index < -0.39 is 11.9 Å². The van der Waals surface area contributed by atoms with Crippen LogP contribution in [0.15, 0.2) is 18.2 Å². The van der Waals surface area contributed by atoms with Crippen LogP contribution >= 0.6 is 0 Å². The van der Waals surface area contributed by atoms with E-state index >= 15 is 0 Å². The lowest BCUT2D eigenvalue weighted by atomic mass is 10.2. The number of benzene rings is 1. The lowest BCUT2D eigenvalue weighted by molar-refractivity contribution is -0.137. The first-order valence-corrected chi connectivity index (χ1v) is 8.56. The van der Waals surface area contributed by atoms with Crippen molar-refractivity contribution in [2.75, 3.05) is 0 Å². The summed E-state index contributed by atoms with van der Waals surface area (Å²) in [4.78, 5) is 41.2. The number of carbonyl (C=O) groups excluding carboxylic acids is 2. The van der Waals surface area contributed by atoms with E-state index in [-0.39, 0.29) is 43.4 Å². The molecule has 27 heavy (non-hydrogen) atoms. The molecule has 8 nitrogen and oxygen atoms in total. The molecule has 0 aliphatic rings. The largest absolute Gasteiger partial charge is 0.481 e. The number of carbonyl (C=O) groups is 4. The van der Waals surface area contributed by atoms with E-state index in [0.717, 1.165) is 5.56 Å². The van der Waals surface area contributed by atoms with Crippen molar-refractivity contribution in [2.45, 2.75) is 60.3 Å². The zero-order chi connectivity index (χ0) is 21.4. The molecule has 1 aromatic rings. The number of carboxylic acid groups (broad SMARTS) is 2. The highest BCUT2D eigenvalue weighted by atomic mass is 16.6. The molecule has 1 rings (SSSR count). The molecule has 0 spiro atoms. The van der Waals surface area contributed by atoms with Crippen LogP contribution in [0, 0.1) is 6.92 Å². The highest BCUT2D eigenvalue weighted by molar-refractivity contribution is 5.76. The third-order valence-electron chi connectivity index (χ3n) is 2.73. The second kappa shape index (κ2) is 15.4. The molecule has 0 aromatic heterocycles. The van der Waals surface area contributed by atoms with E-state index in [2.05, 4.69) is 0 Å². The summed E-state index contributed by atoms with van der Waals surface area (Å²) >= 11 is 0. The average molecular weight is 384 g/mol. The molecule has 0 unspecified atom stereocenters. The van der Waals surface area contributed by atoms with Gasteiger partial charge in [-0.25, -0.2) is 0 Å². The van der Waals surface area contributed by atoms with Gasteiger partial charge in [-0.15, -0.1) is 0 Å². The Morgan fingerprint density at radius 1 is 0.741 bits per heavy atom. The van der Waals surface area contributed by atoms with Crippen molar-refractivity contribution >= 4 is 23.9 Å². The molecule has 0 saturated carbocycles. The van der Waals surface area contributed by atoms with E-state index in [1.807, 2.05) is 6.92 Å². The summed E-state index contributed by atoms with van der Waals surface area (Å²) in [6, 6.07) is 5.09. The minimum atomic E-state index is -0.745. The maximum absolute atomic E-state index is 11.2. The molecule has 2 N–H and O–H groups in total. The number of hydrogen-bond acceptors (Lipinski definition) is 6. The zero-order valence-electron chi connectivity index (χ0n) is 16.4. The molecule has 0 radical (unpaired) electrons. The minimum Gasteiger partial charge on any atom is -0.481 e. The summed E-state index contributed by atoms with van der Waals surface area (Å²) in [5.74, 6) is -1.63. The number of hydrogen-bond donors (Lipinski definition) is 2. The van der Waals surface area contributed by atoms with Crippen LogP contribution in [-0.2, 0) is 19.2 Å². The van der Waals surface area contributed by atoms with Gasteiger partial charge in [-0.3, -0.25) is 19.2 Å². The minimum absolute atomic E-state index is 0.222. The van der Waals surface area contributed by atoms with Crippen LogP contribution < -0.4 is 9.47 Å². The topological polar surface area (TPSA) is 127 Å². The van der Waals surface area contributed by atoms with Crippen LogP contribution in [0.3, 0.4) is 0 Å². The molecule has 0 heterocycles. The molecule has 0 amide bonds. The Morgan fingerprint density at radius 2 is 1.11 bits per heavy atom. The molecule has 8 heteroatoms. The fourth-order valence-corrected chi connectivity index (χ4v) is 1.17. The number of esters is 2. The van der Waals surface area contributed by atoms with E-state index in [4.69, 9.17) is 19.7 Å². The highest BCUT2D eigenvalue weighted by Crippen LogP contribution is 2.28. The van der Waals surface area contributed by atoms with Crippen molar-refractivity contribution in [3.63, 3.8) is 0 Å². The second-order valence-electron chi connectivity index (χ2n) is 5.10. The lowest BCUT2D eigenvalue weighted by Crippen LogP contribution is -2.10. The predicted octanol–water partition coefficient (Wildman–Crippen LogP) is 3.59. The third kappa shape index (κ3) is 15.1. The maximum atomic E-state index is 11.2. The zero-order valence-corrected chi connectivity index (χ0v) is 16.4. The predicted molar refractivity (Wildman–Crippen MR) is 98.9 cm³/mol. The molecule has 0 fully saturated rings. The van der Waals surface area contributed by atoms with Crippen LogP contribution in [0.4, 0.5) is 0 Å². The van der Waals surface area contributed by atoms with Gasteiger partial charge in [0.05, 0.1) is 0 Å². The number of aliphatic carboxylic acids is 2. The molecular weight excluding hydrogens is 356 g/mol. The van der Waals surface area contributed by atoms with Gasteiger partial charge in [-0.05, 0) is 24.6 Å². The summed E-state index contributed by atoms with van der Waals surface area (Å²) in [7, 11) is 0. The molecule has 0 saturated heterocycles. The first-order valence-electron chi connectivity index (χ1n) is 8.56. The highest BCUT2D eigenvalue weighted by Gasteiger charge is 2.12. The van der Waals surface area contributed by atoms with Crippen molar-refractivity contribution in [1.82, 2.24) is 0 Å². The number of ether oxygens (including phenoxy) is 2. The van der Waals surface area contributed by atoms with E-state index in [1.54, 1.807) is 45.9 Å². The Kier molecular flexibility index (Phi) is 15.0. The Bertz CT molecular complexity index is 608. The van der Waals surface area contributed by atoms with Gasteiger partial charge in [0.2, 0.25) is 0 Å². The van der Waals surface area contributed by atoms with Crippen LogP contribution in [0.5, 0.6) is 11.5 Å². The number of rotatable bonds is 6. The maximum Gasteiger partial charge on any atom is 0.311 e. The Balaban J connectivity index is 0. The normalized spacial score (nSPS) is 8.93. The van der Waals surface area contributed by atoms with Crippen LogP contribution in [-0.4, -0.2) is 34.1 Å². The smallest absolute Gasteiger partial charge is 0.311 e. The Hall–Kier alpha value is -2.90. The SMILES string of the molecule is CCC(=O)O.CCC(=O)O.CCC(=O)Oc1ccc(C)cc1OC(=O)CC. The van der Waals surface area contributed by atoms with Gasteiger partial charge in [0, 0.05) is 25.7 Å². The molecule has 1 aromatic carbocycles. The summed E-state index contributed by atoms with van der Waals surface area (Å²) in [5.41, 5.74) is 0.931. The molecular formula is C19H28O8. The van der Waals surface area contributed by atoms with E-state index in [1.165, 1.54) is 0 Å². The summed E-state index contributed by atoms with van der Waals surface area (Å²) in [6.07, 6.45) is 0.990.